The highest BCUT2D eigenvalue weighted by Gasteiger charge is 2.17. The molecule has 0 fully saturated rings. The topological polar surface area (TPSA) is 32.3 Å². The molecular formula is C13H28N2O. The summed E-state index contributed by atoms with van der Waals surface area (Å²) >= 11 is 0. The SMILES string of the molecule is CN(CC(C)(C)C)C(=O)CCNC(C)(C)C. The summed E-state index contributed by atoms with van der Waals surface area (Å²) in [6, 6.07) is 0. The second-order valence-corrected chi connectivity index (χ2v) is 6.74. The molecule has 1 amide bonds. The quantitative estimate of drug-likeness (QED) is 0.800. The van der Waals surface area contributed by atoms with Crippen LogP contribution in [0.5, 0.6) is 0 Å². The minimum atomic E-state index is 0.0862. The van der Waals surface area contributed by atoms with Gasteiger partial charge in [-0.2, -0.15) is 0 Å². The molecule has 0 bridgehead atoms. The van der Waals surface area contributed by atoms with Crippen LogP contribution in [-0.4, -0.2) is 36.5 Å². The van der Waals surface area contributed by atoms with Crippen LogP contribution >= 0.6 is 0 Å². The molecule has 0 aromatic rings. The van der Waals surface area contributed by atoms with Gasteiger partial charge in [0.25, 0.3) is 0 Å². The summed E-state index contributed by atoms with van der Waals surface area (Å²) in [7, 11) is 1.88. The minimum absolute atomic E-state index is 0.0862. The number of nitrogens with zero attached hydrogens (tertiary/aromatic N) is 1. The fourth-order valence-corrected chi connectivity index (χ4v) is 1.53. The maximum atomic E-state index is 11.8. The Balaban J connectivity index is 3.90. The largest absolute Gasteiger partial charge is 0.345 e. The molecule has 0 spiro atoms. The van der Waals surface area contributed by atoms with E-state index < -0.39 is 0 Å². The normalized spacial score (nSPS) is 12.7. The number of nitrogens with one attached hydrogen (secondary N) is 1. The van der Waals surface area contributed by atoms with Crippen molar-refractivity contribution in [3.05, 3.63) is 0 Å². The van der Waals surface area contributed by atoms with Gasteiger partial charge < -0.3 is 10.2 Å². The van der Waals surface area contributed by atoms with Crippen LogP contribution in [0.3, 0.4) is 0 Å². The van der Waals surface area contributed by atoms with E-state index in [1.54, 1.807) is 0 Å². The van der Waals surface area contributed by atoms with Crippen LogP contribution < -0.4 is 5.32 Å². The average molecular weight is 228 g/mol. The Morgan fingerprint density at radius 2 is 1.62 bits per heavy atom. The lowest BCUT2D eigenvalue weighted by molar-refractivity contribution is -0.130. The summed E-state index contributed by atoms with van der Waals surface area (Å²) in [5, 5.41) is 3.32. The van der Waals surface area contributed by atoms with Gasteiger partial charge in [-0.1, -0.05) is 20.8 Å². The number of hydrogen-bond donors (Lipinski definition) is 1. The maximum absolute atomic E-state index is 11.8. The molecule has 0 aliphatic rings. The smallest absolute Gasteiger partial charge is 0.223 e. The van der Waals surface area contributed by atoms with Gasteiger partial charge in [0.15, 0.2) is 0 Å². The summed E-state index contributed by atoms with van der Waals surface area (Å²) in [6.45, 7) is 14.3. The third-order valence-electron chi connectivity index (χ3n) is 2.13. The first-order chi connectivity index (χ1) is 7.01. The lowest BCUT2D eigenvalue weighted by atomic mass is 9.96. The molecule has 0 radical (unpaired) electrons. The number of hydrogen-bond acceptors (Lipinski definition) is 2. The van der Waals surface area contributed by atoms with Gasteiger partial charge in [0.1, 0.15) is 0 Å². The summed E-state index contributed by atoms with van der Waals surface area (Å²) < 4.78 is 0. The Bertz CT molecular complexity index is 223. The Morgan fingerprint density at radius 1 is 1.12 bits per heavy atom. The Morgan fingerprint density at radius 3 is 2.00 bits per heavy atom. The third-order valence-corrected chi connectivity index (χ3v) is 2.13. The molecule has 0 saturated heterocycles. The van der Waals surface area contributed by atoms with Gasteiger partial charge in [0.05, 0.1) is 0 Å². The van der Waals surface area contributed by atoms with Gasteiger partial charge in [-0.05, 0) is 26.2 Å². The van der Waals surface area contributed by atoms with E-state index in [1.807, 2.05) is 11.9 Å². The maximum Gasteiger partial charge on any atom is 0.223 e. The molecule has 0 aromatic carbocycles. The van der Waals surface area contributed by atoms with Crippen LogP contribution in [-0.2, 0) is 4.79 Å². The van der Waals surface area contributed by atoms with E-state index in [2.05, 4.69) is 46.9 Å². The molecule has 0 saturated carbocycles. The monoisotopic (exact) mass is 228 g/mol. The standard InChI is InChI=1S/C13H28N2O/c1-12(2,3)10-15(7)11(16)8-9-14-13(4,5)6/h14H,8-10H2,1-7H3. The molecule has 0 aliphatic carbocycles. The molecule has 96 valence electrons. The second kappa shape index (κ2) is 5.67. The van der Waals surface area contributed by atoms with Gasteiger partial charge in [0.2, 0.25) is 5.91 Å². The fourth-order valence-electron chi connectivity index (χ4n) is 1.53. The van der Waals surface area contributed by atoms with E-state index >= 15 is 0 Å². The number of amides is 1. The molecule has 3 heteroatoms. The van der Waals surface area contributed by atoms with Gasteiger partial charge in [-0.25, -0.2) is 0 Å². The Hall–Kier alpha value is -0.570. The van der Waals surface area contributed by atoms with Crippen LogP contribution in [0.4, 0.5) is 0 Å². The van der Waals surface area contributed by atoms with Crippen LogP contribution in [0.2, 0.25) is 0 Å². The molecule has 0 aromatic heterocycles. The summed E-state index contributed by atoms with van der Waals surface area (Å²) in [4.78, 5) is 13.6. The zero-order valence-corrected chi connectivity index (χ0v) is 12.0. The van der Waals surface area contributed by atoms with Crippen molar-refractivity contribution in [1.82, 2.24) is 10.2 Å². The molecule has 0 aliphatic heterocycles. The molecule has 16 heavy (non-hydrogen) atoms. The fraction of sp³-hybridized carbons (Fsp3) is 0.923. The average Bonchev–Trinajstić information content (AvgIpc) is 1.98. The van der Waals surface area contributed by atoms with Crippen molar-refractivity contribution in [2.75, 3.05) is 20.1 Å². The van der Waals surface area contributed by atoms with Gasteiger partial charge >= 0.3 is 0 Å². The summed E-state index contributed by atoms with van der Waals surface area (Å²) in [5.74, 6) is 0.215. The number of rotatable bonds is 4. The molecular weight excluding hydrogens is 200 g/mol. The van der Waals surface area contributed by atoms with Crippen LogP contribution in [0.15, 0.2) is 0 Å². The summed E-state index contributed by atoms with van der Waals surface area (Å²) in [5.41, 5.74) is 0.255. The molecule has 0 heterocycles. The highest BCUT2D eigenvalue weighted by molar-refractivity contribution is 5.76. The van der Waals surface area contributed by atoms with E-state index in [0.717, 1.165) is 13.1 Å². The lowest BCUT2D eigenvalue weighted by Gasteiger charge is -2.27. The van der Waals surface area contributed by atoms with E-state index in [-0.39, 0.29) is 16.9 Å². The van der Waals surface area contributed by atoms with E-state index in [1.165, 1.54) is 0 Å². The number of carbonyl (C=O) groups excluding carboxylic acids is 1. The zero-order valence-electron chi connectivity index (χ0n) is 12.0. The van der Waals surface area contributed by atoms with Crippen molar-refractivity contribution in [2.45, 2.75) is 53.5 Å². The van der Waals surface area contributed by atoms with Crippen molar-refractivity contribution in [2.24, 2.45) is 5.41 Å². The molecule has 1 N–H and O–H groups in total. The van der Waals surface area contributed by atoms with E-state index in [4.69, 9.17) is 0 Å². The predicted octanol–water partition coefficient (Wildman–Crippen LogP) is 2.27. The second-order valence-electron chi connectivity index (χ2n) is 6.74. The third kappa shape index (κ3) is 8.72. The van der Waals surface area contributed by atoms with Gasteiger partial charge in [0, 0.05) is 32.1 Å². The molecule has 0 rings (SSSR count). The zero-order chi connectivity index (χ0) is 13.0. The first-order valence-corrected chi connectivity index (χ1v) is 6.00. The van der Waals surface area contributed by atoms with E-state index in [9.17, 15) is 4.79 Å². The molecule has 3 nitrogen and oxygen atoms in total. The Kier molecular flexibility index (Phi) is 5.47. The highest BCUT2D eigenvalue weighted by atomic mass is 16.2. The van der Waals surface area contributed by atoms with Crippen LogP contribution in [0, 0.1) is 5.41 Å². The van der Waals surface area contributed by atoms with E-state index in [0.29, 0.717) is 6.42 Å². The first-order valence-electron chi connectivity index (χ1n) is 6.00. The van der Waals surface area contributed by atoms with Crippen LogP contribution in [0.1, 0.15) is 48.0 Å². The highest BCUT2D eigenvalue weighted by Crippen LogP contribution is 2.14. The Labute approximate surface area is 101 Å². The first kappa shape index (κ1) is 15.4. The van der Waals surface area contributed by atoms with Crippen molar-refractivity contribution < 1.29 is 4.79 Å². The van der Waals surface area contributed by atoms with Gasteiger partial charge in [-0.15, -0.1) is 0 Å². The number of carbonyl (C=O) groups is 1. The molecule has 0 unspecified atom stereocenters. The predicted molar refractivity (Wildman–Crippen MR) is 69.5 cm³/mol. The van der Waals surface area contributed by atoms with Gasteiger partial charge in [-0.3, -0.25) is 4.79 Å². The van der Waals surface area contributed by atoms with Crippen LogP contribution in [0.25, 0.3) is 0 Å². The van der Waals surface area contributed by atoms with Crippen molar-refractivity contribution in [3.63, 3.8) is 0 Å². The lowest BCUT2D eigenvalue weighted by Crippen LogP contribution is -2.40. The summed E-state index contributed by atoms with van der Waals surface area (Å²) in [6.07, 6.45) is 0.573. The minimum Gasteiger partial charge on any atom is -0.345 e. The molecule has 0 atom stereocenters. The van der Waals surface area contributed by atoms with Crippen molar-refractivity contribution in [1.29, 1.82) is 0 Å². The van der Waals surface area contributed by atoms with Crippen molar-refractivity contribution >= 4 is 5.91 Å². The van der Waals surface area contributed by atoms with Crippen molar-refractivity contribution in [3.8, 4) is 0 Å².